The summed E-state index contributed by atoms with van der Waals surface area (Å²) in [5.74, 6) is -1.06. The second kappa shape index (κ2) is 10.4. The number of aryl methyl sites for hydroxylation is 1. The highest BCUT2D eigenvalue weighted by molar-refractivity contribution is 9.10. The Morgan fingerprint density at radius 3 is 2.68 bits per heavy atom. The van der Waals surface area contributed by atoms with Crippen LogP contribution in [0.25, 0.3) is 10.9 Å². The van der Waals surface area contributed by atoms with Crippen molar-refractivity contribution < 1.29 is 27.4 Å². The first-order valence-electron chi connectivity index (χ1n) is 14.6. The number of anilines is 1. The maximum atomic E-state index is 15.6. The number of nitrogens with zero attached hydrogens (tertiary/aromatic N) is 5. The number of rotatable bonds is 4. The molecule has 0 spiro atoms. The molecule has 4 aliphatic heterocycles. The van der Waals surface area contributed by atoms with Gasteiger partial charge in [-0.25, -0.2) is 18.0 Å². The fourth-order valence-corrected chi connectivity index (χ4v) is 7.55. The lowest BCUT2D eigenvalue weighted by Crippen LogP contribution is -2.60. The van der Waals surface area contributed by atoms with Crippen molar-refractivity contribution >= 4 is 38.7 Å². The van der Waals surface area contributed by atoms with Crippen LogP contribution in [0.15, 0.2) is 4.47 Å². The molecule has 3 fully saturated rings. The second-order valence-corrected chi connectivity index (χ2v) is 13.7. The standard InChI is InChI=1S/C29H37BrF3N5O3/c1-5-17-13-37-18(14-38(17)27(39)41-28(2,3)4)7-8-19-20-24(23(33)21(30)22(19)32)34-26(35-25(20)37)40-15-29-9-6-10-36(29)12-16(31)11-29/h16-18H,5-15H2,1-4H3/t16-,17-,18-,29+/m1/s1. The molecule has 3 saturated heterocycles. The van der Waals surface area contributed by atoms with Gasteiger partial charge in [-0.05, 0) is 75.4 Å². The summed E-state index contributed by atoms with van der Waals surface area (Å²) in [6.07, 6.45) is 2.39. The first-order chi connectivity index (χ1) is 19.4. The lowest BCUT2D eigenvalue weighted by atomic mass is 9.95. The van der Waals surface area contributed by atoms with Crippen LogP contribution in [0.4, 0.5) is 23.8 Å². The average Bonchev–Trinajstić information content (AvgIpc) is 3.38. The van der Waals surface area contributed by atoms with E-state index in [0.29, 0.717) is 62.1 Å². The molecule has 6 rings (SSSR count). The number of piperazine rings is 1. The molecule has 5 heterocycles. The molecule has 8 nitrogen and oxygen atoms in total. The minimum Gasteiger partial charge on any atom is -0.461 e. The molecule has 0 saturated carbocycles. The molecule has 2 aromatic rings. The van der Waals surface area contributed by atoms with Gasteiger partial charge < -0.3 is 19.3 Å². The molecule has 4 aliphatic rings. The van der Waals surface area contributed by atoms with E-state index in [2.05, 4.69) is 30.7 Å². The van der Waals surface area contributed by atoms with Crippen molar-refractivity contribution in [2.45, 2.75) is 95.6 Å². The van der Waals surface area contributed by atoms with Crippen molar-refractivity contribution in [2.75, 3.05) is 37.7 Å². The van der Waals surface area contributed by atoms with E-state index in [9.17, 15) is 9.18 Å². The van der Waals surface area contributed by atoms with Gasteiger partial charge in [0, 0.05) is 37.7 Å². The number of hydrogen-bond acceptors (Lipinski definition) is 7. The third-order valence-corrected chi connectivity index (χ3v) is 9.75. The zero-order valence-electron chi connectivity index (χ0n) is 24.0. The van der Waals surface area contributed by atoms with Gasteiger partial charge in [-0.1, -0.05) is 6.92 Å². The number of aromatic nitrogens is 2. The Labute approximate surface area is 246 Å². The van der Waals surface area contributed by atoms with E-state index >= 15 is 8.78 Å². The Hall–Kier alpha value is -2.34. The van der Waals surface area contributed by atoms with Crippen molar-refractivity contribution in [1.29, 1.82) is 0 Å². The number of ether oxygens (including phenoxy) is 2. The Morgan fingerprint density at radius 1 is 1.17 bits per heavy atom. The molecule has 0 unspecified atom stereocenters. The van der Waals surface area contributed by atoms with Crippen molar-refractivity contribution in [3.8, 4) is 6.01 Å². The topological polar surface area (TPSA) is 71.0 Å². The van der Waals surface area contributed by atoms with Crippen molar-refractivity contribution in [3.63, 3.8) is 0 Å². The molecule has 12 heteroatoms. The van der Waals surface area contributed by atoms with E-state index in [1.165, 1.54) is 0 Å². The fraction of sp³-hybridized carbons (Fsp3) is 0.690. The van der Waals surface area contributed by atoms with Crippen LogP contribution in [0.3, 0.4) is 0 Å². The summed E-state index contributed by atoms with van der Waals surface area (Å²) in [6.45, 7) is 9.70. The van der Waals surface area contributed by atoms with Gasteiger partial charge in [0.1, 0.15) is 35.5 Å². The number of carbonyl (C=O) groups is 1. The minimum atomic E-state index is -0.909. The summed E-state index contributed by atoms with van der Waals surface area (Å²) in [4.78, 5) is 28.3. The van der Waals surface area contributed by atoms with Gasteiger partial charge in [0.05, 0.1) is 21.4 Å². The van der Waals surface area contributed by atoms with E-state index < -0.39 is 28.9 Å². The van der Waals surface area contributed by atoms with Crippen molar-refractivity contribution in [3.05, 3.63) is 21.7 Å². The predicted octanol–water partition coefficient (Wildman–Crippen LogP) is 5.78. The highest BCUT2D eigenvalue weighted by Gasteiger charge is 2.49. The summed E-state index contributed by atoms with van der Waals surface area (Å²) in [5.41, 5.74) is -0.724. The van der Waals surface area contributed by atoms with Crippen molar-refractivity contribution in [1.82, 2.24) is 19.8 Å². The largest absolute Gasteiger partial charge is 0.461 e. The van der Waals surface area contributed by atoms with Crippen LogP contribution in [0.5, 0.6) is 6.01 Å². The van der Waals surface area contributed by atoms with E-state index in [4.69, 9.17) is 14.5 Å². The molecule has 1 amide bonds. The zero-order valence-corrected chi connectivity index (χ0v) is 25.6. The number of alkyl halides is 1. The van der Waals surface area contributed by atoms with E-state index in [1.807, 2.05) is 27.7 Å². The maximum Gasteiger partial charge on any atom is 0.410 e. The summed E-state index contributed by atoms with van der Waals surface area (Å²) in [5, 5.41) is 0.337. The monoisotopic (exact) mass is 639 g/mol. The summed E-state index contributed by atoms with van der Waals surface area (Å²) in [6, 6.07) is -0.397. The second-order valence-electron chi connectivity index (χ2n) is 12.9. The molecular weight excluding hydrogens is 603 g/mol. The number of hydrogen-bond donors (Lipinski definition) is 0. The SMILES string of the molecule is CC[C@@H]1CN2c3nc(OC[C@@]45CCCN4C[C@H](F)C5)nc4c(F)c(Br)c(F)c(c34)CC[C@@H]2CN1C(=O)OC(C)(C)C. The maximum absolute atomic E-state index is 15.6. The Morgan fingerprint density at radius 2 is 1.95 bits per heavy atom. The lowest BCUT2D eigenvalue weighted by molar-refractivity contribution is 0.00970. The van der Waals surface area contributed by atoms with E-state index in [0.717, 1.165) is 19.4 Å². The smallest absolute Gasteiger partial charge is 0.410 e. The van der Waals surface area contributed by atoms with Crippen LogP contribution in [0.2, 0.25) is 0 Å². The Kier molecular flexibility index (Phi) is 7.32. The molecular formula is C29H37BrF3N5O3. The number of halogens is 4. The molecule has 0 aliphatic carbocycles. The quantitative estimate of drug-likeness (QED) is 0.393. The van der Waals surface area contributed by atoms with Gasteiger partial charge in [0.15, 0.2) is 5.82 Å². The first-order valence-corrected chi connectivity index (χ1v) is 15.4. The molecule has 0 bridgehead atoms. The van der Waals surface area contributed by atoms with E-state index in [-0.39, 0.29) is 40.8 Å². The summed E-state index contributed by atoms with van der Waals surface area (Å²) < 4.78 is 57.1. The third-order valence-electron chi connectivity index (χ3n) is 9.06. The van der Waals surface area contributed by atoms with Crippen LogP contribution in [0.1, 0.15) is 65.4 Å². The molecule has 0 N–H and O–H groups in total. The molecule has 41 heavy (non-hydrogen) atoms. The van der Waals surface area contributed by atoms with Crippen LogP contribution in [0, 0.1) is 11.6 Å². The number of carbonyl (C=O) groups excluding carboxylic acids is 1. The van der Waals surface area contributed by atoms with Gasteiger partial charge in [-0.15, -0.1) is 0 Å². The lowest BCUT2D eigenvalue weighted by Gasteiger charge is -2.46. The van der Waals surface area contributed by atoms with Crippen molar-refractivity contribution in [2.24, 2.45) is 0 Å². The Balaban J connectivity index is 1.39. The highest BCUT2D eigenvalue weighted by atomic mass is 79.9. The van der Waals surface area contributed by atoms with Crippen LogP contribution in [-0.2, 0) is 11.2 Å². The highest BCUT2D eigenvalue weighted by Crippen LogP contribution is 2.43. The molecule has 0 radical (unpaired) electrons. The number of amides is 1. The summed E-state index contributed by atoms with van der Waals surface area (Å²) in [7, 11) is 0. The molecule has 1 aromatic carbocycles. The van der Waals surface area contributed by atoms with Gasteiger partial charge in [0.25, 0.3) is 0 Å². The predicted molar refractivity (Wildman–Crippen MR) is 152 cm³/mol. The normalized spacial score (nSPS) is 28.0. The fourth-order valence-electron chi connectivity index (χ4n) is 7.12. The first kappa shape index (κ1) is 28.8. The van der Waals surface area contributed by atoms with E-state index in [1.54, 1.807) is 4.90 Å². The number of benzene rings is 1. The van der Waals surface area contributed by atoms with Crippen LogP contribution >= 0.6 is 15.9 Å². The van der Waals surface area contributed by atoms with Gasteiger partial charge in [-0.2, -0.15) is 9.97 Å². The average molecular weight is 641 g/mol. The molecule has 1 aromatic heterocycles. The van der Waals surface area contributed by atoms with Gasteiger partial charge >= 0.3 is 12.1 Å². The molecule has 4 atom stereocenters. The van der Waals surface area contributed by atoms with Crippen LogP contribution < -0.4 is 9.64 Å². The van der Waals surface area contributed by atoms with Gasteiger partial charge in [0.2, 0.25) is 0 Å². The van der Waals surface area contributed by atoms with Gasteiger partial charge in [-0.3, -0.25) is 4.90 Å². The minimum absolute atomic E-state index is 0.00730. The molecule has 224 valence electrons. The Bertz CT molecular complexity index is 1370. The zero-order chi connectivity index (χ0) is 29.3. The summed E-state index contributed by atoms with van der Waals surface area (Å²) >= 11 is 3.10. The van der Waals surface area contributed by atoms with Crippen LogP contribution in [-0.4, -0.2) is 88.0 Å². The third kappa shape index (κ3) is 5.02. The number of fused-ring (bicyclic) bond motifs is 3.